The number of hydrogen-bond acceptors (Lipinski definition) is 7. The Kier molecular flexibility index (Phi) is 6.52. The molecular formula is C26H28N4O5. The molecule has 2 fully saturated rings. The fourth-order valence-corrected chi connectivity index (χ4v) is 4.44. The molecule has 3 heterocycles. The zero-order valence-corrected chi connectivity index (χ0v) is 19.6. The lowest BCUT2D eigenvalue weighted by Gasteiger charge is -2.38. The van der Waals surface area contributed by atoms with E-state index in [1.54, 1.807) is 24.3 Å². The van der Waals surface area contributed by atoms with Crippen LogP contribution in [0.25, 0.3) is 10.9 Å². The normalized spacial score (nSPS) is 16.9. The first kappa shape index (κ1) is 23.1. The first-order valence-electron chi connectivity index (χ1n) is 11.7. The van der Waals surface area contributed by atoms with E-state index in [0.29, 0.717) is 35.9 Å². The number of pyridine rings is 1. The van der Waals surface area contributed by atoms with E-state index in [-0.39, 0.29) is 18.4 Å². The molecule has 2 aromatic carbocycles. The van der Waals surface area contributed by atoms with Crippen molar-refractivity contribution in [3.63, 3.8) is 0 Å². The molecule has 9 heteroatoms. The minimum atomic E-state index is -0.431. The summed E-state index contributed by atoms with van der Waals surface area (Å²) in [6.07, 6.45) is 1.60. The molecule has 9 nitrogen and oxygen atoms in total. The Morgan fingerprint density at radius 3 is 2.34 bits per heavy atom. The van der Waals surface area contributed by atoms with Crippen LogP contribution >= 0.6 is 0 Å². The summed E-state index contributed by atoms with van der Waals surface area (Å²) in [7, 11) is 0. The summed E-state index contributed by atoms with van der Waals surface area (Å²) in [6.45, 7) is 4.20. The number of fused-ring (bicyclic) bond motifs is 1. The zero-order chi connectivity index (χ0) is 24.3. The summed E-state index contributed by atoms with van der Waals surface area (Å²) in [5.41, 5.74) is 1.99. The van der Waals surface area contributed by atoms with E-state index >= 15 is 0 Å². The van der Waals surface area contributed by atoms with E-state index in [2.05, 4.69) is 15.5 Å². The highest BCUT2D eigenvalue weighted by molar-refractivity contribution is 5.93. The first-order valence-corrected chi connectivity index (χ1v) is 11.7. The van der Waals surface area contributed by atoms with Gasteiger partial charge >= 0.3 is 0 Å². The third-order valence-corrected chi connectivity index (χ3v) is 6.18. The molecule has 5 rings (SSSR count). The van der Waals surface area contributed by atoms with Gasteiger partial charge in [0.2, 0.25) is 5.91 Å². The Morgan fingerprint density at radius 2 is 1.66 bits per heavy atom. The lowest BCUT2D eigenvalue weighted by Crippen LogP contribution is -2.45. The average molecular weight is 477 g/mol. The van der Waals surface area contributed by atoms with Crippen molar-refractivity contribution < 1.29 is 23.8 Å². The predicted octanol–water partition coefficient (Wildman–Crippen LogP) is 3.55. The van der Waals surface area contributed by atoms with Crippen LogP contribution in [0.4, 0.5) is 17.2 Å². The lowest BCUT2D eigenvalue weighted by atomic mass is 10.0. The van der Waals surface area contributed by atoms with Gasteiger partial charge in [-0.1, -0.05) is 12.1 Å². The Hall–Kier alpha value is -3.69. The molecule has 2 saturated heterocycles. The minimum Gasteiger partial charge on any atom is -0.481 e. The number of amides is 2. The Bertz CT molecular complexity index is 1210. The highest BCUT2D eigenvalue weighted by Gasteiger charge is 2.40. The highest BCUT2D eigenvalue weighted by atomic mass is 16.7. The number of nitrogens with zero attached hydrogens (tertiary/aromatic N) is 2. The number of ether oxygens (including phenoxy) is 3. The maximum absolute atomic E-state index is 12.5. The lowest BCUT2D eigenvalue weighted by molar-refractivity contribution is -0.169. The topological polar surface area (TPSA) is 102 Å². The van der Waals surface area contributed by atoms with E-state index in [0.717, 1.165) is 37.1 Å². The SMILES string of the molecule is CC(=O)Nc1ccc(NC(=O)COc2cccc3ccc(N4CCC5(CC4)OCCO5)nc23)cc1. The molecule has 0 bridgehead atoms. The molecule has 1 spiro atoms. The van der Waals surface area contributed by atoms with Crippen LogP contribution in [-0.4, -0.2) is 55.5 Å². The number of benzene rings is 2. The monoisotopic (exact) mass is 476 g/mol. The summed E-state index contributed by atoms with van der Waals surface area (Å²) >= 11 is 0. The zero-order valence-electron chi connectivity index (χ0n) is 19.6. The van der Waals surface area contributed by atoms with Crippen molar-refractivity contribution in [1.82, 2.24) is 4.98 Å². The summed E-state index contributed by atoms with van der Waals surface area (Å²) in [5.74, 6) is 0.548. The molecule has 2 amide bonds. The molecule has 0 atom stereocenters. The third kappa shape index (κ3) is 5.36. The van der Waals surface area contributed by atoms with Gasteiger partial charge < -0.3 is 29.7 Å². The molecule has 0 radical (unpaired) electrons. The van der Waals surface area contributed by atoms with Crippen LogP contribution in [-0.2, 0) is 19.1 Å². The molecule has 0 unspecified atom stereocenters. The number of carbonyl (C=O) groups is 2. The van der Waals surface area contributed by atoms with Gasteiger partial charge in [0, 0.05) is 49.6 Å². The molecule has 2 N–H and O–H groups in total. The van der Waals surface area contributed by atoms with Gasteiger partial charge in [-0.3, -0.25) is 9.59 Å². The van der Waals surface area contributed by atoms with Crippen LogP contribution in [0.15, 0.2) is 54.6 Å². The summed E-state index contributed by atoms with van der Waals surface area (Å²) in [6, 6.07) is 16.6. The molecule has 1 aromatic heterocycles. The molecule has 3 aromatic rings. The second kappa shape index (κ2) is 9.89. The number of carbonyl (C=O) groups excluding carboxylic acids is 2. The number of nitrogens with one attached hydrogen (secondary N) is 2. The van der Waals surface area contributed by atoms with Crippen LogP contribution in [0.5, 0.6) is 5.75 Å². The van der Waals surface area contributed by atoms with Gasteiger partial charge in [0.25, 0.3) is 5.91 Å². The average Bonchev–Trinajstić information content (AvgIpc) is 3.31. The number of para-hydroxylation sites is 1. The van der Waals surface area contributed by atoms with E-state index in [4.69, 9.17) is 19.2 Å². The van der Waals surface area contributed by atoms with Crippen molar-refractivity contribution in [1.29, 1.82) is 0 Å². The maximum Gasteiger partial charge on any atom is 0.262 e. The van der Waals surface area contributed by atoms with Crippen molar-refractivity contribution >= 4 is 39.9 Å². The molecule has 0 aliphatic carbocycles. The van der Waals surface area contributed by atoms with Crippen molar-refractivity contribution in [3.8, 4) is 5.75 Å². The van der Waals surface area contributed by atoms with Gasteiger partial charge in [0.1, 0.15) is 17.1 Å². The van der Waals surface area contributed by atoms with E-state index in [9.17, 15) is 9.59 Å². The van der Waals surface area contributed by atoms with Gasteiger partial charge in [0.15, 0.2) is 12.4 Å². The number of hydrogen-bond donors (Lipinski definition) is 2. The fraction of sp³-hybridized carbons (Fsp3) is 0.346. The largest absolute Gasteiger partial charge is 0.481 e. The van der Waals surface area contributed by atoms with Gasteiger partial charge in [-0.2, -0.15) is 0 Å². The van der Waals surface area contributed by atoms with Crippen molar-refractivity contribution in [3.05, 3.63) is 54.6 Å². The van der Waals surface area contributed by atoms with Crippen molar-refractivity contribution in [2.45, 2.75) is 25.6 Å². The molecular weight excluding hydrogens is 448 g/mol. The summed E-state index contributed by atoms with van der Waals surface area (Å²) in [5, 5.41) is 6.43. The van der Waals surface area contributed by atoms with Crippen LogP contribution in [0.1, 0.15) is 19.8 Å². The van der Waals surface area contributed by atoms with Crippen LogP contribution < -0.4 is 20.3 Å². The number of rotatable bonds is 6. The third-order valence-electron chi connectivity index (χ3n) is 6.18. The molecule has 2 aliphatic heterocycles. The van der Waals surface area contributed by atoms with Crippen molar-refractivity contribution in [2.24, 2.45) is 0 Å². The summed E-state index contributed by atoms with van der Waals surface area (Å²) in [4.78, 5) is 30.7. The van der Waals surface area contributed by atoms with Gasteiger partial charge in [0.05, 0.1) is 13.2 Å². The maximum atomic E-state index is 12.5. The van der Waals surface area contributed by atoms with E-state index < -0.39 is 5.79 Å². The van der Waals surface area contributed by atoms with Crippen LogP contribution in [0, 0.1) is 0 Å². The molecule has 35 heavy (non-hydrogen) atoms. The van der Waals surface area contributed by atoms with E-state index in [1.165, 1.54) is 6.92 Å². The molecule has 0 saturated carbocycles. The number of anilines is 3. The second-order valence-electron chi connectivity index (χ2n) is 8.69. The minimum absolute atomic E-state index is 0.150. The Balaban J connectivity index is 1.23. The standard InChI is InChI=1S/C26H28N4O5/c1-18(31)27-20-6-8-21(9-7-20)28-24(32)17-33-22-4-2-3-19-5-10-23(29-25(19)22)30-13-11-26(12-14-30)34-15-16-35-26/h2-10H,11-17H2,1H3,(H,27,31)(H,28,32). The Morgan fingerprint density at radius 1 is 0.971 bits per heavy atom. The van der Waals surface area contributed by atoms with Gasteiger partial charge in [-0.15, -0.1) is 0 Å². The van der Waals surface area contributed by atoms with Gasteiger partial charge in [-0.05, 0) is 42.5 Å². The van der Waals surface area contributed by atoms with E-state index in [1.807, 2.05) is 30.3 Å². The Labute approximate surface area is 203 Å². The smallest absolute Gasteiger partial charge is 0.262 e. The second-order valence-corrected chi connectivity index (χ2v) is 8.69. The first-order chi connectivity index (χ1) is 17.0. The predicted molar refractivity (Wildman–Crippen MR) is 133 cm³/mol. The number of piperidine rings is 1. The quantitative estimate of drug-likeness (QED) is 0.561. The van der Waals surface area contributed by atoms with Crippen LogP contribution in [0.2, 0.25) is 0 Å². The number of aromatic nitrogens is 1. The van der Waals surface area contributed by atoms with Gasteiger partial charge in [-0.25, -0.2) is 4.98 Å². The highest BCUT2D eigenvalue weighted by Crippen LogP contribution is 2.34. The van der Waals surface area contributed by atoms with Crippen LogP contribution in [0.3, 0.4) is 0 Å². The fourth-order valence-electron chi connectivity index (χ4n) is 4.44. The molecule has 2 aliphatic rings. The summed E-state index contributed by atoms with van der Waals surface area (Å²) < 4.78 is 17.5. The van der Waals surface area contributed by atoms with Crippen molar-refractivity contribution in [2.75, 3.05) is 48.4 Å². The molecule has 182 valence electrons.